The Morgan fingerprint density at radius 3 is 2.00 bits per heavy atom. The predicted octanol–water partition coefficient (Wildman–Crippen LogP) is -1.49. The van der Waals surface area contributed by atoms with Crippen LogP contribution in [-0.4, -0.2) is 29.0 Å². The van der Waals surface area contributed by atoms with Crippen LogP contribution in [0.4, 0.5) is 0 Å². The summed E-state index contributed by atoms with van der Waals surface area (Å²) in [6, 6.07) is 0. The van der Waals surface area contributed by atoms with Gasteiger partial charge in [0.15, 0.2) is 0 Å². The normalized spacial score (nSPS) is 5.67. The second-order valence-electron chi connectivity index (χ2n) is 0.609. The zero-order valence-corrected chi connectivity index (χ0v) is 2.89. The van der Waals surface area contributed by atoms with Crippen molar-refractivity contribution in [2.75, 3.05) is 0 Å². The number of hydrogen-bond donors (Lipinski definition) is 1. The molecule has 4 heteroatoms. The fraction of sp³-hybridized carbons (Fsp3) is 0.500. The highest BCUT2D eigenvalue weighted by atomic mass is 24.3. The van der Waals surface area contributed by atoms with Crippen molar-refractivity contribution in [3.8, 4) is 0 Å². The topological polar surface area (TPSA) is 52.3 Å². The van der Waals surface area contributed by atoms with Gasteiger partial charge in [0.1, 0.15) is 0 Å². The van der Waals surface area contributed by atoms with Crippen LogP contribution in [0.25, 0.3) is 0 Å². The van der Waals surface area contributed by atoms with Crippen LogP contribution in [0.5, 0.6) is 0 Å². The second kappa shape index (κ2) is 5.20. The van der Waals surface area contributed by atoms with E-state index in [0.717, 1.165) is 0 Å². The summed E-state index contributed by atoms with van der Waals surface area (Å²) in [6.45, 7) is 1.24. The van der Waals surface area contributed by atoms with E-state index in [4.69, 9.17) is 0 Å². The highest BCUT2D eigenvalue weighted by Gasteiger charge is 1.77. The number of nitrogens with two attached hydrogens (primary N) is 1. The lowest BCUT2D eigenvalue weighted by Gasteiger charge is -1.79. The molecule has 0 rings (SSSR count). The molecule has 0 aliphatic carbocycles. The van der Waals surface area contributed by atoms with Crippen molar-refractivity contribution in [3.63, 3.8) is 0 Å². The minimum atomic E-state index is -0.468. The number of carbonyl (C=O) groups is 1. The number of carbonyl (C=O) groups excluding carboxylic acids is 1. The van der Waals surface area contributed by atoms with E-state index in [1.54, 1.807) is 0 Å². The quantitative estimate of drug-likeness (QED) is 0.299. The van der Waals surface area contributed by atoms with E-state index in [2.05, 4.69) is 10.7 Å². The van der Waals surface area contributed by atoms with Gasteiger partial charge in [-0.1, -0.05) is 0 Å². The van der Waals surface area contributed by atoms with E-state index in [9.17, 15) is 4.79 Å². The van der Waals surface area contributed by atoms with E-state index in [1.807, 2.05) is 0 Å². The van der Waals surface area contributed by atoms with Gasteiger partial charge in [-0.15, -0.1) is 0 Å². The lowest BCUT2D eigenvalue weighted by Crippen LogP contribution is -2.03. The van der Waals surface area contributed by atoms with Crippen molar-refractivity contribution < 1.29 is 9.63 Å². The third-order valence-corrected chi connectivity index (χ3v) is 0.166. The third kappa shape index (κ3) is 8.89. The molecule has 0 amide bonds. The Bertz CT molecular complexity index is 46.8. The Labute approximate surface area is 51.9 Å². The average Bonchev–Trinajstić information content (AvgIpc) is 1.38. The molecule has 0 atom stereocenters. The number of rotatable bonds is 0. The van der Waals surface area contributed by atoms with Gasteiger partial charge in [-0.2, -0.15) is 5.90 Å². The first-order chi connectivity index (χ1) is 2.27. The lowest BCUT2D eigenvalue weighted by molar-refractivity contribution is -0.141. The van der Waals surface area contributed by atoms with E-state index in [-0.39, 0.29) is 23.1 Å². The van der Waals surface area contributed by atoms with Gasteiger partial charge in [0.2, 0.25) is 0 Å². The maximum atomic E-state index is 9.47. The van der Waals surface area contributed by atoms with Gasteiger partial charge < -0.3 is 4.84 Å². The van der Waals surface area contributed by atoms with Crippen molar-refractivity contribution >= 4 is 29.0 Å². The molecule has 0 unspecified atom stereocenters. The minimum absolute atomic E-state index is 0. The fourth-order valence-electron chi connectivity index (χ4n) is 0. The van der Waals surface area contributed by atoms with Crippen molar-refractivity contribution in [2.45, 2.75) is 6.92 Å². The summed E-state index contributed by atoms with van der Waals surface area (Å²) in [5.74, 6) is 3.85. The maximum Gasteiger partial charge on any atom is 0.321 e. The Hall–Kier alpha value is 0.196. The summed E-state index contributed by atoms with van der Waals surface area (Å²) in [7, 11) is 0. The average molecular weight is 101 g/mol. The zero-order chi connectivity index (χ0) is 4.28. The molecule has 0 fully saturated rings. The monoisotopic (exact) mass is 101 g/mol. The van der Waals surface area contributed by atoms with Crippen LogP contribution < -0.4 is 5.90 Å². The van der Waals surface area contributed by atoms with Crippen molar-refractivity contribution in [2.24, 2.45) is 5.90 Å². The first kappa shape index (κ1) is 9.50. The molecular weight excluding hydrogens is 94.3 g/mol. The molecule has 0 saturated heterocycles. The molecule has 0 spiro atoms. The summed E-state index contributed by atoms with van der Waals surface area (Å²) in [6.07, 6.45) is 0. The molecule has 0 aromatic heterocycles. The molecule has 0 heterocycles. The Balaban J connectivity index is 0. The zero-order valence-electron chi connectivity index (χ0n) is 2.89. The Morgan fingerprint density at radius 1 is 1.83 bits per heavy atom. The predicted molar refractivity (Wildman–Crippen MR) is 24.5 cm³/mol. The third-order valence-electron chi connectivity index (χ3n) is 0.166. The molecule has 0 aromatic carbocycles. The molecule has 3 nitrogen and oxygen atoms in total. The van der Waals surface area contributed by atoms with Crippen LogP contribution in [0, 0.1) is 0 Å². The van der Waals surface area contributed by atoms with E-state index >= 15 is 0 Å². The van der Waals surface area contributed by atoms with Crippen molar-refractivity contribution in [1.29, 1.82) is 0 Å². The largest absolute Gasteiger partial charge is 0.374 e. The van der Waals surface area contributed by atoms with Gasteiger partial charge in [0.25, 0.3) is 0 Å². The van der Waals surface area contributed by atoms with Crippen LogP contribution in [0.2, 0.25) is 0 Å². The smallest absolute Gasteiger partial charge is 0.321 e. The highest BCUT2D eigenvalue weighted by Crippen LogP contribution is 1.55. The maximum absolute atomic E-state index is 9.47. The van der Waals surface area contributed by atoms with Crippen LogP contribution in [0.15, 0.2) is 0 Å². The Kier molecular flexibility index (Phi) is 8.23. The van der Waals surface area contributed by atoms with Crippen LogP contribution >= 0.6 is 0 Å². The molecule has 0 saturated carbocycles. The molecule has 34 valence electrons. The van der Waals surface area contributed by atoms with Crippen LogP contribution in [0.1, 0.15) is 6.92 Å². The van der Waals surface area contributed by atoms with E-state index in [1.165, 1.54) is 6.92 Å². The first-order valence-corrected chi connectivity index (χ1v) is 1.14. The molecule has 6 heavy (non-hydrogen) atoms. The summed E-state index contributed by atoms with van der Waals surface area (Å²) < 4.78 is 0. The van der Waals surface area contributed by atoms with Crippen molar-refractivity contribution in [3.05, 3.63) is 0 Å². The SMILES string of the molecule is CC(=O)ON.[MgH2]. The van der Waals surface area contributed by atoms with Gasteiger partial charge in [0.05, 0.1) is 0 Å². The van der Waals surface area contributed by atoms with Gasteiger partial charge in [-0.3, -0.25) is 4.79 Å². The molecule has 0 aromatic rings. The highest BCUT2D eigenvalue weighted by molar-refractivity contribution is 5.75. The summed E-state index contributed by atoms with van der Waals surface area (Å²) in [5, 5.41) is 0. The summed E-state index contributed by atoms with van der Waals surface area (Å²) >= 11 is 0. The first-order valence-electron chi connectivity index (χ1n) is 1.14. The van der Waals surface area contributed by atoms with Gasteiger partial charge in [-0.25, -0.2) is 0 Å². The molecule has 0 bridgehead atoms. The second-order valence-corrected chi connectivity index (χ2v) is 0.609. The molecule has 2 N–H and O–H groups in total. The van der Waals surface area contributed by atoms with Crippen molar-refractivity contribution in [1.82, 2.24) is 0 Å². The standard InChI is InChI=1S/C2H5NO2.Mg.2H/c1-2(4)5-3;;;/h3H2,1H3;;;. The molecule has 0 radical (unpaired) electrons. The van der Waals surface area contributed by atoms with E-state index in [0.29, 0.717) is 0 Å². The fourth-order valence-corrected chi connectivity index (χ4v) is 0. The summed E-state index contributed by atoms with van der Waals surface area (Å²) in [5.41, 5.74) is 0. The van der Waals surface area contributed by atoms with Crippen LogP contribution in [-0.2, 0) is 9.63 Å². The van der Waals surface area contributed by atoms with E-state index < -0.39 is 5.97 Å². The van der Waals surface area contributed by atoms with Gasteiger partial charge in [-0.05, 0) is 0 Å². The van der Waals surface area contributed by atoms with Gasteiger partial charge in [0, 0.05) is 6.92 Å². The lowest BCUT2D eigenvalue weighted by atomic mass is 10.8. The van der Waals surface area contributed by atoms with Gasteiger partial charge >= 0.3 is 29.0 Å². The number of hydrogen-bond acceptors (Lipinski definition) is 3. The minimum Gasteiger partial charge on any atom is -0.374 e. The van der Waals surface area contributed by atoms with Crippen LogP contribution in [0.3, 0.4) is 0 Å². The summed E-state index contributed by atoms with van der Waals surface area (Å²) in [4.78, 5) is 13.1. The molecule has 0 aliphatic heterocycles. The Morgan fingerprint density at radius 2 is 2.00 bits per heavy atom. The molecular formula is C2H7MgNO2. The molecule has 0 aliphatic rings.